The van der Waals surface area contributed by atoms with Crippen molar-refractivity contribution in [1.29, 1.82) is 5.26 Å². The molecule has 0 aliphatic heterocycles. The number of aliphatic imine (C=N–C) groups is 1. The molecular formula is C28H38N2. The van der Waals surface area contributed by atoms with Gasteiger partial charge in [0.1, 0.15) is 0 Å². The summed E-state index contributed by atoms with van der Waals surface area (Å²) in [4.78, 5) is 4.43. The van der Waals surface area contributed by atoms with Crippen LogP contribution in [0.2, 0.25) is 0 Å². The van der Waals surface area contributed by atoms with E-state index in [2.05, 4.69) is 69.6 Å². The van der Waals surface area contributed by atoms with Crippen LogP contribution in [0.15, 0.2) is 77.9 Å². The number of nitriles is 1. The fourth-order valence-electron chi connectivity index (χ4n) is 1.94. The van der Waals surface area contributed by atoms with Gasteiger partial charge >= 0.3 is 0 Å². The van der Waals surface area contributed by atoms with Crippen LogP contribution in [0.1, 0.15) is 71.6 Å². The summed E-state index contributed by atoms with van der Waals surface area (Å²) in [6, 6.07) is 20.1. The van der Waals surface area contributed by atoms with Crippen molar-refractivity contribution < 1.29 is 0 Å². The molecule has 0 spiro atoms. The van der Waals surface area contributed by atoms with Crippen LogP contribution in [0.4, 0.5) is 0 Å². The van der Waals surface area contributed by atoms with Crippen molar-refractivity contribution in [2.45, 2.75) is 61.3 Å². The first kappa shape index (κ1) is 27.1. The zero-order chi connectivity index (χ0) is 22.9. The average Bonchev–Trinajstić information content (AvgIpc) is 2.78. The molecular weight excluding hydrogens is 364 g/mol. The third kappa shape index (κ3) is 12.5. The minimum absolute atomic E-state index is 0.472. The Bertz CT molecular complexity index is 832. The van der Waals surface area contributed by atoms with Gasteiger partial charge in [-0.25, -0.2) is 0 Å². The van der Waals surface area contributed by atoms with Gasteiger partial charge in [-0.15, -0.1) is 6.58 Å². The lowest BCUT2D eigenvalue weighted by atomic mass is 10.1. The van der Waals surface area contributed by atoms with Crippen molar-refractivity contribution in [1.82, 2.24) is 0 Å². The van der Waals surface area contributed by atoms with E-state index >= 15 is 0 Å². The first-order valence-electron chi connectivity index (χ1n) is 10.6. The fourth-order valence-corrected chi connectivity index (χ4v) is 1.94. The number of allylic oxidation sites excluding steroid dienone is 2. The van der Waals surface area contributed by atoms with Gasteiger partial charge in [0.2, 0.25) is 0 Å². The number of benzene rings is 2. The Hall–Kier alpha value is -2.92. The number of rotatable bonds is 5. The molecule has 0 saturated heterocycles. The molecule has 0 radical (unpaired) electrons. The molecule has 0 atom stereocenters. The molecule has 0 aromatic heterocycles. The summed E-state index contributed by atoms with van der Waals surface area (Å²) >= 11 is 0. The molecule has 0 amide bonds. The van der Waals surface area contributed by atoms with E-state index in [1.807, 2.05) is 57.3 Å². The molecule has 0 heterocycles. The zero-order valence-electron chi connectivity index (χ0n) is 19.9. The largest absolute Gasteiger partial charge is 0.265 e. The van der Waals surface area contributed by atoms with E-state index in [-0.39, 0.29) is 0 Å². The fraction of sp³-hybridized carbons (Fsp3) is 0.357. The van der Waals surface area contributed by atoms with Crippen LogP contribution in [-0.4, -0.2) is 5.71 Å². The van der Waals surface area contributed by atoms with Crippen LogP contribution < -0.4 is 0 Å². The topological polar surface area (TPSA) is 36.1 Å². The molecule has 0 bridgehead atoms. The minimum Gasteiger partial charge on any atom is -0.265 e. The molecule has 2 heteroatoms. The zero-order valence-corrected chi connectivity index (χ0v) is 19.9. The van der Waals surface area contributed by atoms with Crippen LogP contribution in [0.25, 0.3) is 5.57 Å². The summed E-state index contributed by atoms with van der Waals surface area (Å²) in [5.74, 6) is 0.472. The van der Waals surface area contributed by atoms with Crippen LogP contribution in [-0.2, 0) is 6.42 Å². The standard InChI is InChI=1S/C15H18N2.C8H10.C5H10/c1-11(2)13(4)17-10-12(3)15-7-5-14(9-16)6-8-15;1-2-8-6-4-3-5-7-8;1-4-5(2)3/h5-8,10-11H,1-4H3;3-7H,2H2,1H3;2,4H2,1,3H3/b12-10+,17-13?;;. The highest BCUT2D eigenvalue weighted by Crippen LogP contribution is 2.14. The van der Waals surface area contributed by atoms with Crippen molar-refractivity contribution >= 4 is 11.3 Å². The molecule has 0 fully saturated rings. The Morgan fingerprint density at radius 1 is 1.00 bits per heavy atom. The van der Waals surface area contributed by atoms with Gasteiger partial charge in [0, 0.05) is 11.9 Å². The summed E-state index contributed by atoms with van der Waals surface area (Å²) in [6.07, 6.45) is 4.14. The monoisotopic (exact) mass is 402 g/mol. The van der Waals surface area contributed by atoms with Gasteiger partial charge in [-0.2, -0.15) is 5.26 Å². The Balaban J connectivity index is 0.000000531. The lowest BCUT2D eigenvalue weighted by Gasteiger charge is -2.03. The van der Waals surface area contributed by atoms with Crippen molar-refractivity contribution in [3.05, 3.63) is 89.6 Å². The van der Waals surface area contributed by atoms with Gasteiger partial charge in [-0.3, -0.25) is 4.99 Å². The molecule has 0 unspecified atom stereocenters. The predicted octanol–water partition coefficient (Wildman–Crippen LogP) is 8.26. The van der Waals surface area contributed by atoms with Crippen LogP contribution in [0, 0.1) is 17.2 Å². The maximum Gasteiger partial charge on any atom is 0.0991 e. The van der Waals surface area contributed by atoms with E-state index in [1.165, 1.54) is 11.1 Å². The number of nitrogens with zero attached hydrogens (tertiary/aromatic N) is 2. The van der Waals surface area contributed by atoms with Gasteiger partial charge < -0.3 is 0 Å². The van der Waals surface area contributed by atoms with E-state index in [9.17, 15) is 0 Å². The van der Waals surface area contributed by atoms with Gasteiger partial charge in [0.15, 0.2) is 0 Å². The molecule has 30 heavy (non-hydrogen) atoms. The summed E-state index contributed by atoms with van der Waals surface area (Å²) in [7, 11) is 0. The van der Waals surface area contributed by atoms with Crippen LogP contribution in [0.3, 0.4) is 0 Å². The SMILES string of the molecule is C=C(C)CC.CC(=N/C=C(\C)c1ccc(C#N)cc1)C(C)C.CCc1ccccc1. The Morgan fingerprint density at radius 3 is 1.90 bits per heavy atom. The second-order valence-electron chi connectivity index (χ2n) is 7.58. The van der Waals surface area contributed by atoms with E-state index in [4.69, 9.17) is 5.26 Å². The van der Waals surface area contributed by atoms with Crippen molar-refractivity contribution in [3.63, 3.8) is 0 Å². The van der Waals surface area contributed by atoms with Crippen LogP contribution in [0.5, 0.6) is 0 Å². The second kappa shape index (κ2) is 15.9. The highest BCUT2D eigenvalue weighted by molar-refractivity contribution is 5.85. The minimum atomic E-state index is 0.472. The average molecular weight is 403 g/mol. The highest BCUT2D eigenvalue weighted by atomic mass is 14.7. The molecule has 0 aliphatic carbocycles. The summed E-state index contributed by atoms with van der Waals surface area (Å²) in [6.45, 7) is 18.3. The lowest BCUT2D eigenvalue weighted by Crippen LogP contribution is -2.00. The van der Waals surface area contributed by atoms with Gasteiger partial charge in [-0.1, -0.05) is 75.7 Å². The van der Waals surface area contributed by atoms with E-state index in [0.29, 0.717) is 11.5 Å². The Labute approximate surface area is 184 Å². The van der Waals surface area contributed by atoms with E-state index in [0.717, 1.165) is 29.7 Å². The van der Waals surface area contributed by atoms with Gasteiger partial charge in [-0.05, 0) is 68.4 Å². The molecule has 2 nitrogen and oxygen atoms in total. The van der Waals surface area contributed by atoms with Crippen LogP contribution >= 0.6 is 0 Å². The number of aryl methyl sites for hydroxylation is 1. The molecule has 2 aromatic carbocycles. The smallest absolute Gasteiger partial charge is 0.0991 e. The molecule has 0 aliphatic rings. The van der Waals surface area contributed by atoms with E-state index < -0.39 is 0 Å². The Kier molecular flexibility index (Phi) is 14.4. The molecule has 0 N–H and O–H groups in total. The van der Waals surface area contributed by atoms with Gasteiger partial charge in [0.25, 0.3) is 0 Å². The molecule has 160 valence electrons. The van der Waals surface area contributed by atoms with Crippen molar-refractivity contribution in [2.75, 3.05) is 0 Å². The second-order valence-corrected chi connectivity index (χ2v) is 7.58. The van der Waals surface area contributed by atoms with Gasteiger partial charge in [0.05, 0.1) is 11.6 Å². The number of hydrogen-bond donors (Lipinski definition) is 0. The lowest BCUT2D eigenvalue weighted by molar-refractivity contribution is 0.878. The molecule has 2 aromatic rings. The normalized spacial score (nSPS) is 10.9. The quantitative estimate of drug-likeness (QED) is 0.366. The molecule has 2 rings (SSSR count). The maximum absolute atomic E-state index is 8.72. The summed E-state index contributed by atoms with van der Waals surface area (Å²) in [5, 5.41) is 8.72. The highest BCUT2D eigenvalue weighted by Gasteiger charge is 1.98. The van der Waals surface area contributed by atoms with Crippen molar-refractivity contribution in [3.8, 4) is 6.07 Å². The third-order valence-electron chi connectivity index (χ3n) is 4.62. The summed E-state index contributed by atoms with van der Waals surface area (Å²) < 4.78 is 0. The van der Waals surface area contributed by atoms with Crippen molar-refractivity contribution in [2.24, 2.45) is 10.9 Å². The Morgan fingerprint density at radius 2 is 1.53 bits per heavy atom. The first-order chi connectivity index (χ1) is 14.2. The summed E-state index contributed by atoms with van der Waals surface area (Å²) in [5.41, 5.74) is 6.68. The third-order valence-corrected chi connectivity index (χ3v) is 4.62. The van der Waals surface area contributed by atoms with E-state index in [1.54, 1.807) is 0 Å². The predicted molar refractivity (Wildman–Crippen MR) is 134 cm³/mol. The maximum atomic E-state index is 8.72. The first-order valence-corrected chi connectivity index (χ1v) is 10.6. The number of hydrogen-bond acceptors (Lipinski definition) is 2. The molecule has 0 saturated carbocycles.